The van der Waals surface area contributed by atoms with Crippen molar-refractivity contribution in [1.29, 1.82) is 0 Å². The van der Waals surface area contributed by atoms with Gasteiger partial charge < -0.3 is 25.8 Å². The summed E-state index contributed by atoms with van der Waals surface area (Å²) in [6.07, 6.45) is 0. The van der Waals surface area contributed by atoms with Crippen LogP contribution < -0.4 is 25.8 Å². The van der Waals surface area contributed by atoms with Crippen LogP contribution in [0.1, 0.15) is 0 Å². The molecular formula is C15H17N3O3. The van der Waals surface area contributed by atoms with Crippen molar-refractivity contribution in [3.05, 3.63) is 42.5 Å². The van der Waals surface area contributed by atoms with Gasteiger partial charge in [-0.15, -0.1) is 0 Å². The molecule has 0 bridgehead atoms. The molecule has 6 heteroatoms. The van der Waals surface area contributed by atoms with Gasteiger partial charge in [0.05, 0.1) is 25.6 Å². The first-order valence-corrected chi connectivity index (χ1v) is 6.28. The van der Waals surface area contributed by atoms with Gasteiger partial charge in [0.1, 0.15) is 0 Å². The number of rotatable bonds is 4. The minimum Gasteiger partial charge on any atom is -0.493 e. The third kappa shape index (κ3) is 3.56. The highest BCUT2D eigenvalue weighted by molar-refractivity contribution is 6.01. The van der Waals surface area contributed by atoms with E-state index in [0.29, 0.717) is 28.6 Å². The smallest absolute Gasteiger partial charge is 0.323 e. The molecule has 0 saturated heterocycles. The van der Waals surface area contributed by atoms with Crippen LogP contribution in [0, 0.1) is 0 Å². The highest BCUT2D eigenvalue weighted by Crippen LogP contribution is 2.34. The van der Waals surface area contributed by atoms with Gasteiger partial charge in [0.15, 0.2) is 11.5 Å². The zero-order chi connectivity index (χ0) is 15.2. The first kappa shape index (κ1) is 14.5. The van der Waals surface area contributed by atoms with Crippen LogP contribution in [0.4, 0.5) is 21.9 Å². The molecule has 0 aliphatic carbocycles. The maximum atomic E-state index is 11.9. The summed E-state index contributed by atoms with van der Waals surface area (Å²) in [4.78, 5) is 11.9. The van der Waals surface area contributed by atoms with Gasteiger partial charge >= 0.3 is 6.03 Å². The number of para-hydroxylation sites is 1. The summed E-state index contributed by atoms with van der Waals surface area (Å²) in [6.45, 7) is 0. The molecule has 0 unspecified atom stereocenters. The Hall–Kier alpha value is -2.89. The second kappa shape index (κ2) is 6.51. The van der Waals surface area contributed by atoms with Gasteiger partial charge in [-0.1, -0.05) is 18.2 Å². The molecule has 4 N–H and O–H groups in total. The monoisotopic (exact) mass is 287 g/mol. The van der Waals surface area contributed by atoms with Crippen LogP contribution in [0.3, 0.4) is 0 Å². The number of anilines is 3. The van der Waals surface area contributed by atoms with Gasteiger partial charge in [-0.05, 0) is 12.1 Å². The fourth-order valence-electron chi connectivity index (χ4n) is 1.81. The number of methoxy groups -OCH3 is 2. The Morgan fingerprint density at radius 3 is 2.24 bits per heavy atom. The van der Waals surface area contributed by atoms with Gasteiger partial charge in [-0.2, -0.15) is 0 Å². The number of nitrogens with two attached hydrogens (primary N) is 1. The van der Waals surface area contributed by atoms with Gasteiger partial charge in [-0.25, -0.2) is 4.79 Å². The average molecular weight is 287 g/mol. The Bertz CT molecular complexity index is 630. The normalized spacial score (nSPS) is 9.81. The van der Waals surface area contributed by atoms with E-state index in [2.05, 4.69) is 10.6 Å². The van der Waals surface area contributed by atoms with E-state index >= 15 is 0 Å². The fourth-order valence-corrected chi connectivity index (χ4v) is 1.81. The van der Waals surface area contributed by atoms with Gasteiger partial charge in [0.2, 0.25) is 0 Å². The van der Waals surface area contributed by atoms with Crippen LogP contribution in [0.15, 0.2) is 42.5 Å². The zero-order valence-electron chi connectivity index (χ0n) is 11.8. The maximum absolute atomic E-state index is 11.9. The minimum atomic E-state index is -0.389. The highest BCUT2D eigenvalue weighted by Gasteiger charge is 2.11. The molecule has 2 aromatic rings. The van der Waals surface area contributed by atoms with E-state index in [-0.39, 0.29) is 6.03 Å². The molecule has 6 nitrogen and oxygen atoms in total. The van der Waals surface area contributed by atoms with E-state index in [0.717, 1.165) is 0 Å². The standard InChI is InChI=1S/C15H17N3O3/c1-20-13-8-11(16)12(9-14(13)21-2)18-15(19)17-10-6-4-3-5-7-10/h3-9H,16H2,1-2H3,(H2,17,18,19). The Morgan fingerprint density at radius 1 is 1.00 bits per heavy atom. The molecule has 0 fully saturated rings. The topological polar surface area (TPSA) is 85.6 Å². The summed E-state index contributed by atoms with van der Waals surface area (Å²) < 4.78 is 10.3. The molecule has 0 heterocycles. The highest BCUT2D eigenvalue weighted by atomic mass is 16.5. The summed E-state index contributed by atoms with van der Waals surface area (Å²) in [7, 11) is 3.04. The second-order valence-corrected chi connectivity index (χ2v) is 4.24. The van der Waals surface area contributed by atoms with Crippen LogP contribution in [0.5, 0.6) is 11.5 Å². The molecule has 2 aromatic carbocycles. The minimum absolute atomic E-state index is 0.385. The summed E-state index contributed by atoms with van der Waals surface area (Å²) in [6, 6.07) is 11.9. The molecule has 0 saturated carbocycles. The number of ether oxygens (including phenoxy) is 2. The van der Waals surface area contributed by atoms with Gasteiger partial charge in [0.25, 0.3) is 0 Å². The Kier molecular flexibility index (Phi) is 4.50. The number of benzene rings is 2. The quantitative estimate of drug-likeness (QED) is 0.755. The van der Waals surface area contributed by atoms with E-state index in [4.69, 9.17) is 15.2 Å². The molecule has 110 valence electrons. The van der Waals surface area contributed by atoms with Crippen molar-refractivity contribution in [2.75, 3.05) is 30.6 Å². The summed E-state index contributed by atoms with van der Waals surface area (Å²) in [5, 5.41) is 5.38. The van der Waals surface area contributed by atoms with Crippen molar-refractivity contribution in [2.24, 2.45) is 0 Å². The van der Waals surface area contributed by atoms with E-state index in [9.17, 15) is 4.79 Å². The summed E-state index contributed by atoms with van der Waals surface area (Å²) in [5.74, 6) is 0.991. The Labute approximate surface area is 122 Å². The first-order valence-electron chi connectivity index (χ1n) is 6.28. The Balaban J connectivity index is 2.14. The van der Waals surface area contributed by atoms with Crippen molar-refractivity contribution in [3.63, 3.8) is 0 Å². The molecule has 0 atom stereocenters. The Morgan fingerprint density at radius 2 is 1.62 bits per heavy atom. The number of carbonyl (C=O) groups is 1. The number of nitrogens with one attached hydrogen (secondary N) is 2. The van der Waals surface area contributed by atoms with E-state index in [1.807, 2.05) is 18.2 Å². The molecule has 21 heavy (non-hydrogen) atoms. The number of nitrogen functional groups attached to an aromatic ring is 1. The largest absolute Gasteiger partial charge is 0.493 e. The van der Waals surface area contributed by atoms with Crippen LogP contribution in [0.25, 0.3) is 0 Å². The van der Waals surface area contributed by atoms with E-state index < -0.39 is 0 Å². The van der Waals surface area contributed by atoms with Crippen molar-refractivity contribution >= 4 is 23.1 Å². The van der Waals surface area contributed by atoms with Crippen LogP contribution in [-0.2, 0) is 0 Å². The van der Waals surface area contributed by atoms with Crippen molar-refractivity contribution in [3.8, 4) is 11.5 Å². The fraction of sp³-hybridized carbons (Fsp3) is 0.133. The molecule has 2 rings (SSSR count). The lowest BCUT2D eigenvalue weighted by Gasteiger charge is -2.13. The number of carbonyl (C=O) groups excluding carboxylic acids is 1. The number of hydrogen-bond acceptors (Lipinski definition) is 4. The van der Waals surface area contributed by atoms with Gasteiger partial charge in [0, 0.05) is 17.8 Å². The predicted octanol–water partition coefficient (Wildman–Crippen LogP) is 2.93. The lowest BCUT2D eigenvalue weighted by atomic mass is 10.2. The molecule has 0 spiro atoms. The maximum Gasteiger partial charge on any atom is 0.323 e. The molecule has 0 radical (unpaired) electrons. The third-order valence-corrected chi connectivity index (χ3v) is 2.84. The van der Waals surface area contributed by atoms with Gasteiger partial charge in [-0.3, -0.25) is 0 Å². The van der Waals surface area contributed by atoms with Crippen LogP contribution in [-0.4, -0.2) is 20.3 Å². The molecule has 2 amide bonds. The number of hydrogen-bond donors (Lipinski definition) is 3. The first-order chi connectivity index (χ1) is 10.1. The molecule has 0 aliphatic heterocycles. The van der Waals surface area contributed by atoms with Crippen LogP contribution >= 0.6 is 0 Å². The second-order valence-electron chi connectivity index (χ2n) is 4.24. The molecule has 0 aliphatic rings. The van der Waals surface area contributed by atoms with Crippen LogP contribution in [0.2, 0.25) is 0 Å². The SMILES string of the molecule is COc1cc(N)c(NC(=O)Nc2ccccc2)cc1OC. The van der Waals surface area contributed by atoms with Crippen molar-refractivity contribution < 1.29 is 14.3 Å². The van der Waals surface area contributed by atoms with E-state index in [1.54, 1.807) is 24.3 Å². The predicted molar refractivity (Wildman–Crippen MR) is 83.0 cm³/mol. The zero-order valence-corrected chi connectivity index (χ0v) is 11.8. The molecule has 0 aromatic heterocycles. The third-order valence-electron chi connectivity index (χ3n) is 2.84. The lowest BCUT2D eigenvalue weighted by Crippen LogP contribution is -2.20. The van der Waals surface area contributed by atoms with E-state index in [1.165, 1.54) is 14.2 Å². The molecular weight excluding hydrogens is 270 g/mol. The lowest BCUT2D eigenvalue weighted by molar-refractivity contribution is 0.262. The summed E-state index contributed by atoms with van der Waals surface area (Å²) >= 11 is 0. The van der Waals surface area contributed by atoms with Crippen molar-refractivity contribution in [1.82, 2.24) is 0 Å². The van der Waals surface area contributed by atoms with Crippen molar-refractivity contribution in [2.45, 2.75) is 0 Å². The number of urea groups is 1. The average Bonchev–Trinajstić information content (AvgIpc) is 2.49. The number of amides is 2. The summed E-state index contributed by atoms with van der Waals surface area (Å²) in [5.41, 5.74) is 7.40.